The van der Waals surface area contributed by atoms with Crippen LogP contribution in [0, 0.1) is 6.92 Å². The van der Waals surface area contributed by atoms with Gasteiger partial charge in [0.15, 0.2) is 5.69 Å². The lowest BCUT2D eigenvalue weighted by atomic mass is 10.1. The maximum atomic E-state index is 12.5. The first-order chi connectivity index (χ1) is 11.5. The Morgan fingerprint density at radius 2 is 2.04 bits per heavy atom. The number of carbonyl (C=O) groups is 1. The zero-order valence-corrected chi connectivity index (χ0v) is 15.0. The Balaban J connectivity index is 2.66. The van der Waals surface area contributed by atoms with Gasteiger partial charge in [-0.2, -0.15) is 5.10 Å². The summed E-state index contributed by atoms with van der Waals surface area (Å²) in [5.41, 5.74) is 1.47. The van der Waals surface area contributed by atoms with Gasteiger partial charge in [-0.1, -0.05) is 36.7 Å². The van der Waals surface area contributed by atoms with E-state index >= 15 is 0 Å². The van der Waals surface area contributed by atoms with E-state index in [1.807, 2.05) is 6.92 Å². The van der Waals surface area contributed by atoms with Crippen LogP contribution in [0.25, 0.3) is 11.3 Å². The highest BCUT2D eigenvalue weighted by Gasteiger charge is 2.22. The molecule has 0 aliphatic rings. The molecule has 2 rings (SSSR count). The van der Waals surface area contributed by atoms with Gasteiger partial charge in [0.1, 0.15) is 11.5 Å². The third kappa shape index (κ3) is 4.04. The average Bonchev–Trinajstić information content (AvgIpc) is 2.86. The van der Waals surface area contributed by atoms with Gasteiger partial charge in [0.25, 0.3) is 5.91 Å². The minimum atomic E-state index is -0.265. The smallest absolute Gasteiger partial charge is 0.272 e. The molecular weight excluding hydrogens is 347 g/mol. The summed E-state index contributed by atoms with van der Waals surface area (Å²) in [5.74, 6) is 0.305. The second-order valence-electron chi connectivity index (χ2n) is 5.08. The molecule has 0 radical (unpaired) electrons. The molecule has 0 unspecified atom stereocenters. The van der Waals surface area contributed by atoms with Crippen LogP contribution in [0.5, 0.6) is 0 Å². The van der Waals surface area contributed by atoms with E-state index in [2.05, 4.69) is 22.0 Å². The summed E-state index contributed by atoms with van der Waals surface area (Å²) < 4.78 is 1.57. The molecule has 1 aromatic carbocycles. The lowest BCUT2D eigenvalue weighted by Crippen LogP contribution is -2.25. The summed E-state index contributed by atoms with van der Waals surface area (Å²) in [6.45, 7) is 7.93. The topological polar surface area (TPSA) is 59.3 Å². The summed E-state index contributed by atoms with van der Waals surface area (Å²) in [4.78, 5) is 16.9. The van der Waals surface area contributed by atoms with Gasteiger partial charge in [0.2, 0.25) is 0 Å². The standard InChI is InChI=1S/C17H18Cl2N4O/c1-4-6-20-17(24)15-16(12-8-13(18)10-14(19)9-12)23(11(3)22-15)21-7-5-2/h5,7-10H,2,4,6H2,1,3H3,(H,20,24)/b21-7-. The van der Waals surface area contributed by atoms with E-state index in [1.54, 1.807) is 35.9 Å². The molecule has 1 N–H and O–H groups in total. The lowest BCUT2D eigenvalue weighted by Gasteiger charge is -2.08. The second kappa shape index (κ2) is 8.13. The molecule has 0 atom stereocenters. The van der Waals surface area contributed by atoms with E-state index in [9.17, 15) is 4.79 Å². The quantitative estimate of drug-likeness (QED) is 0.775. The minimum Gasteiger partial charge on any atom is -0.351 e. The lowest BCUT2D eigenvalue weighted by molar-refractivity contribution is 0.0949. The first-order valence-electron chi connectivity index (χ1n) is 7.47. The zero-order valence-electron chi connectivity index (χ0n) is 13.5. The molecule has 0 aliphatic carbocycles. The number of allylic oxidation sites excluding steroid dienone is 1. The van der Waals surface area contributed by atoms with E-state index in [0.29, 0.717) is 33.7 Å². The maximum absolute atomic E-state index is 12.5. The number of aryl methyl sites for hydroxylation is 1. The minimum absolute atomic E-state index is 0.265. The van der Waals surface area contributed by atoms with Crippen molar-refractivity contribution in [2.75, 3.05) is 6.54 Å². The molecule has 1 heterocycles. The number of halogens is 2. The van der Waals surface area contributed by atoms with Gasteiger partial charge in [0, 0.05) is 28.4 Å². The van der Waals surface area contributed by atoms with Crippen molar-refractivity contribution in [3.05, 3.63) is 52.4 Å². The molecule has 0 saturated heterocycles. The molecule has 7 heteroatoms. The molecular formula is C17H18Cl2N4O. The van der Waals surface area contributed by atoms with Gasteiger partial charge in [-0.15, -0.1) is 0 Å². The van der Waals surface area contributed by atoms with Crippen LogP contribution in [0.2, 0.25) is 10.0 Å². The molecule has 24 heavy (non-hydrogen) atoms. The van der Waals surface area contributed by atoms with Gasteiger partial charge in [0.05, 0.1) is 0 Å². The highest BCUT2D eigenvalue weighted by Crippen LogP contribution is 2.30. The van der Waals surface area contributed by atoms with Crippen molar-refractivity contribution in [2.45, 2.75) is 20.3 Å². The van der Waals surface area contributed by atoms with E-state index in [4.69, 9.17) is 23.2 Å². The molecule has 0 bridgehead atoms. The Kier molecular flexibility index (Phi) is 6.17. The maximum Gasteiger partial charge on any atom is 0.272 e. The monoisotopic (exact) mass is 364 g/mol. The largest absolute Gasteiger partial charge is 0.351 e. The number of aromatic nitrogens is 2. The zero-order chi connectivity index (χ0) is 17.7. The third-order valence-corrected chi connectivity index (χ3v) is 3.63. The number of nitrogens with one attached hydrogen (secondary N) is 1. The predicted octanol–water partition coefficient (Wildman–Crippen LogP) is 4.33. The van der Waals surface area contributed by atoms with Crippen LogP contribution in [0.3, 0.4) is 0 Å². The van der Waals surface area contributed by atoms with Gasteiger partial charge >= 0.3 is 0 Å². The molecule has 2 aromatic rings. The summed E-state index contributed by atoms with van der Waals surface area (Å²) >= 11 is 12.2. The van der Waals surface area contributed by atoms with Crippen LogP contribution in [0.4, 0.5) is 0 Å². The molecule has 0 fully saturated rings. The van der Waals surface area contributed by atoms with Crippen LogP contribution >= 0.6 is 23.2 Å². The number of nitrogens with zero attached hydrogens (tertiary/aromatic N) is 3. The summed E-state index contributed by atoms with van der Waals surface area (Å²) in [6, 6.07) is 5.07. The van der Waals surface area contributed by atoms with E-state index < -0.39 is 0 Å². The first kappa shape index (κ1) is 18.2. The Bertz CT molecular complexity index is 776. The summed E-state index contributed by atoms with van der Waals surface area (Å²) in [5, 5.41) is 8.06. The summed E-state index contributed by atoms with van der Waals surface area (Å²) in [6.07, 6.45) is 3.90. The Labute approximate surface area is 151 Å². The van der Waals surface area contributed by atoms with E-state index in [1.165, 1.54) is 6.21 Å². The Morgan fingerprint density at radius 1 is 1.38 bits per heavy atom. The van der Waals surface area contributed by atoms with Gasteiger partial charge < -0.3 is 5.32 Å². The SMILES string of the molecule is C=C/C=N\n1c(C)nc(C(=O)NCCC)c1-c1cc(Cl)cc(Cl)c1. The molecule has 1 aromatic heterocycles. The Hall–Kier alpha value is -2.11. The molecule has 0 aliphatic heterocycles. The fraction of sp³-hybridized carbons (Fsp3) is 0.235. The average molecular weight is 365 g/mol. The molecule has 5 nitrogen and oxygen atoms in total. The second-order valence-corrected chi connectivity index (χ2v) is 5.96. The van der Waals surface area contributed by atoms with Crippen LogP contribution in [-0.2, 0) is 0 Å². The van der Waals surface area contributed by atoms with Crippen molar-refractivity contribution in [2.24, 2.45) is 5.10 Å². The van der Waals surface area contributed by atoms with Gasteiger partial charge in [-0.05, 0) is 37.6 Å². The highest BCUT2D eigenvalue weighted by atomic mass is 35.5. The third-order valence-electron chi connectivity index (χ3n) is 3.19. The molecule has 126 valence electrons. The summed E-state index contributed by atoms with van der Waals surface area (Å²) in [7, 11) is 0. The number of carbonyl (C=O) groups excluding carboxylic acids is 1. The molecule has 0 saturated carbocycles. The van der Waals surface area contributed by atoms with Crippen molar-refractivity contribution in [1.29, 1.82) is 0 Å². The highest BCUT2D eigenvalue weighted by molar-refractivity contribution is 6.35. The molecule has 1 amide bonds. The van der Waals surface area contributed by atoms with Crippen molar-refractivity contribution in [1.82, 2.24) is 15.0 Å². The van der Waals surface area contributed by atoms with Crippen LogP contribution < -0.4 is 5.32 Å². The fourth-order valence-corrected chi connectivity index (χ4v) is 2.74. The predicted molar refractivity (Wildman–Crippen MR) is 99.1 cm³/mol. The van der Waals surface area contributed by atoms with Crippen LogP contribution in [0.15, 0.2) is 36.0 Å². The van der Waals surface area contributed by atoms with Crippen molar-refractivity contribution >= 4 is 35.3 Å². The number of rotatable bonds is 6. The fourth-order valence-electron chi connectivity index (χ4n) is 2.21. The van der Waals surface area contributed by atoms with E-state index in [-0.39, 0.29) is 11.6 Å². The Morgan fingerprint density at radius 3 is 2.62 bits per heavy atom. The number of imidazole rings is 1. The van der Waals surface area contributed by atoms with E-state index in [0.717, 1.165) is 6.42 Å². The number of amides is 1. The normalized spacial score (nSPS) is 11.0. The number of benzene rings is 1. The van der Waals surface area contributed by atoms with Crippen molar-refractivity contribution in [3.8, 4) is 11.3 Å². The first-order valence-corrected chi connectivity index (χ1v) is 8.22. The number of hydrogen-bond donors (Lipinski definition) is 1. The van der Waals surface area contributed by atoms with Crippen molar-refractivity contribution < 1.29 is 4.79 Å². The number of hydrogen-bond acceptors (Lipinski definition) is 3. The van der Waals surface area contributed by atoms with Crippen molar-refractivity contribution in [3.63, 3.8) is 0 Å². The van der Waals surface area contributed by atoms with Gasteiger partial charge in [-0.25, -0.2) is 9.66 Å². The van der Waals surface area contributed by atoms with Crippen LogP contribution in [0.1, 0.15) is 29.7 Å². The molecule has 0 spiro atoms. The van der Waals surface area contributed by atoms with Gasteiger partial charge in [-0.3, -0.25) is 4.79 Å². The van der Waals surface area contributed by atoms with Crippen LogP contribution in [-0.4, -0.2) is 28.3 Å².